The van der Waals surface area contributed by atoms with E-state index in [0.717, 1.165) is 29.5 Å². The van der Waals surface area contributed by atoms with Gasteiger partial charge in [0.2, 0.25) is 11.0 Å². The Kier molecular flexibility index (Phi) is 6.30. The Balaban J connectivity index is 1.43. The first kappa shape index (κ1) is 17.5. The van der Waals surface area contributed by atoms with Gasteiger partial charge in [-0.25, -0.2) is 0 Å². The quantitative estimate of drug-likeness (QED) is 0.713. The summed E-state index contributed by atoms with van der Waals surface area (Å²) in [6.07, 6.45) is 2.25. The van der Waals surface area contributed by atoms with Crippen molar-refractivity contribution in [1.29, 1.82) is 0 Å². The van der Waals surface area contributed by atoms with Crippen LogP contribution in [0.5, 0.6) is 0 Å². The fourth-order valence-electron chi connectivity index (χ4n) is 2.22. The summed E-state index contributed by atoms with van der Waals surface area (Å²) in [5.41, 5.74) is 0.851. The third kappa shape index (κ3) is 5.34. The van der Waals surface area contributed by atoms with Crippen molar-refractivity contribution in [2.24, 2.45) is 0 Å². The number of hydrogen-bond donors (Lipinski definition) is 2. The Hall–Kier alpha value is -1.35. The van der Waals surface area contributed by atoms with Crippen LogP contribution in [0.1, 0.15) is 12.8 Å². The SMILES string of the molecule is O=C(CSc1nnc(Nc2cccc(Cl)c2)s1)NC[C@H]1CCCO1. The maximum atomic E-state index is 11.8. The summed E-state index contributed by atoms with van der Waals surface area (Å²) in [4.78, 5) is 11.8. The van der Waals surface area contributed by atoms with E-state index in [9.17, 15) is 4.79 Å². The zero-order chi connectivity index (χ0) is 16.8. The predicted molar refractivity (Wildman–Crippen MR) is 97.4 cm³/mol. The molecule has 2 N–H and O–H groups in total. The molecule has 0 aliphatic carbocycles. The minimum absolute atomic E-state index is 0.0185. The van der Waals surface area contributed by atoms with Crippen molar-refractivity contribution in [3.63, 3.8) is 0 Å². The van der Waals surface area contributed by atoms with E-state index in [4.69, 9.17) is 16.3 Å². The molecule has 24 heavy (non-hydrogen) atoms. The fraction of sp³-hybridized carbons (Fsp3) is 0.400. The van der Waals surface area contributed by atoms with E-state index in [1.54, 1.807) is 0 Å². The molecule has 0 radical (unpaired) electrons. The lowest BCUT2D eigenvalue weighted by molar-refractivity contribution is -0.119. The maximum absolute atomic E-state index is 11.8. The molecule has 1 saturated heterocycles. The summed E-state index contributed by atoms with van der Waals surface area (Å²) in [7, 11) is 0. The molecule has 6 nitrogen and oxygen atoms in total. The van der Waals surface area contributed by atoms with Gasteiger partial charge >= 0.3 is 0 Å². The summed E-state index contributed by atoms with van der Waals surface area (Å²) in [5.74, 6) is 0.300. The number of nitrogens with zero attached hydrogens (tertiary/aromatic N) is 2. The second-order valence-electron chi connectivity index (χ2n) is 5.24. The molecule has 0 saturated carbocycles. The lowest BCUT2D eigenvalue weighted by Gasteiger charge is -2.09. The zero-order valence-corrected chi connectivity index (χ0v) is 15.2. The number of thioether (sulfide) groups is 1. The van der Waals surface area contributed by atoms with Crippen LogP contribution in [0.25, 0.3) is 0 Å². The number of benzene rings is 1. The molecule has 9 heteroatoms. The van der Waals surface area contributed by atoms with E-state index >= 15 is 0 Å². The number of hydrogen-bond acceptors (Lipinski definition) is 7. The highest BCUT2D eigenvalue weighted by molar-refractivity contribution is 8.01. The molecule has 0 unspecified atom stereocenters. The summed E-state index contributed by atoms with van der Waals surface area (Å²) in [6.45, 7) is 1.37. The van der Waals surface area contributed by atoms with Crippen molar-refractivity contribution in [2.45, 2.75) is 23.3 Å². The number of ether oxygens (including phenoxy) is 1. The van der Waals surface area contributed by atoms with Crippen LogP contribution in [0, 0.1) is 0 Å². The molecular weight excluding hydrogens is 368 g/mol. The van der Waals surface area contributed by atoms with Crippen LogP contribution in [0.4, 0.5) is 10.8 Å². The van der Waals surface area contributed by atoms with Crippen LogP contribution in [-0.2, 0) is 9.53 Å². The minimum atomic E-state index is -0.0185. The van der Waals surface area contributed by atoms with Crippen LogP contribution in [-0.4, -0.2) is 41.1 Å². The summed E-state index contributed by atoms with van der Waals surface area (Å²) in [6, 6.07) is 7.38. The Labute approximate surface area is 153 Å². The third-order valence-electron chi connectivity index (χ3n) is 3.36. The first-order valence-corrected chi connectivity index (χ1v) is 9.74. The van der Waals surface area contributed by atoms with E-state index in [1.165, 1.54) is 23.1 Å². The highest BCUT2D eigenvalue weighted by atomic mass is 35.5. The minimum Gasteiger partial charge on any atom is -0.376 e. The second-order valence-corrected chi connectivity index (χ2v) is 7.87. The van der Waals surface area contributed by atoms with Crippen molar-refractivity contribution in [2.75, 3.05) is 24.2 Å². The monoisotopic (exact) mass is 384 g/mol. The normalized spacial score (nSPS) is 17.0. The van der Waals surface area contributed by atoms with Crippen molar-refractivity contribution in [3.05, 3.63) is 29.3 Å². The van der Waals surface area contributed by atoms with E-state index in [-0.39, 0.29) is 12.0 Å². The van der Waals surface area contributed by atoms with Gasteiger partial charge in [0.15, 0.2) is 4.34 Å². The Bertz CT molecular complexity index is 692. The zero-order valence-electron chi connectivity index (χ0n) is 12.8. The summed E-state index contributed by atoms with van der Waals surface area (Å²) >= 11 is 8.72. The Morgan fingerprint density at radius 2 is 2.38 bits per heavy atom. The molecule has 3 rings (SSSR count). The molecule has 2 heterocycles. The second kappa shape index (κ2) is 8.66. The Morgan fingerprint density at radius 3 is 3.17 bits per heavy atom. The molecular formula is C15H17ClN4O2S2. The summed E-state index contributed by atoms with van der Waals surface area (Å²) in [5, 5.41) is 15.5. The lowest BCUT2D eigenvalue weighted by Crippen LogP contribution is -2.32. The lowest BCUT2D eigenvalue weighted by atomic mass is 10.2. The fourth-order valence-corrected chi connectivity index (χ4v) is 4.01. The van der Waals surface area contributed by atoms with Crippen molar-refractivity contribution in [3.8, 4) is 0 Å². The number of carbonyl (C=O) groups is 1. The molecule has 0 bridgehead atoms. The van der Waals surface area contributed by atoms with E-state index in [2.05, 4.69) is 20.8 Å². The number of nitrogens with one attached hydrogen (secondary N) is 2. The van der Waals surface area contributed by atoms with E-state index in [1.807, 2.05) is 24.3 Å². The number of anilines is 2. The first-order valence-electron chi connectivity index (χ1n) is 7.56. The molecule has 1 aromatic carbocycles. The van der Waals surface area contributed by atoms with Crippen LogP contribution in [0.2, 0.25) is 5.02 Å². The van der Waals surface area contributed by atoms with Crippen LogP contribution >= 0.6 is 34.7 Å². The van der Waals surface area contributed by atoms with Crippen molar-refractivity contribution >= 4 is 51.4 Å². The predicted octanol–water partition coefficient (Wildman–Crippen LogP) is 3.32. The molecule has 1 aliphatic rings. The number of carbonyl (C=O) groups excluding carboxylic acids is 1. The molecule has 1 amide bonds. The first-order chi connectivity index (χ1) is 11.7. The third-order valence-corrected chi connectivity index (χ3v) is 5.57. The van der Waals surface area contributed by atoms with E-state index in [0.29, 0.717) is 22.5 Å². The smallest absolute Gasteiger partial charge is 0.230 e. The topological polar surface area (TPSA) is 76.1 Å². The van der Waals surface area contributed by atoms with Gasteiger partial charge in [0, 0.05) is 23.9 Å². The van der Waals surface area contributed by atoms with Crippen LogP contribution in [0.15, 0.2) is 28.6 Å². The highest BCUT2D eigenvalue weighted by Gasteiger charge is 2.16. The number of amides is 1. The van der Waals surface area contributed by atoms with Crippen molar-refractivity contribution < 1.29 is 9.53 Å². The van der Waals surface area contributed by atoms with Gasteiger partial charge < -0.3 is 15.4 Å². The number of halogens is 1. The molecule has 1 aliphatic heterocycles. The number of rotatable bonds is 7. The van der Waals surface area contributed by atoms with E-state index < -0.39 is 0 Å². The van der Waals surface area contributed by atoms with Gasteiger partial charge in [0.05, 0.1) is 11.9 Å². The Morgan fingerprint density at radius 1 is 1.46 bits per heavy atom. The van der Waals surface area contributed by atoms with Crippen LogP contribution < -0.4 is 10.6 Å². The molecule has 2 aromatic rings. The molecule has 1 atom stereocenters. The van der Waals surface area contributed by atoms with Gasteiger partial charge in [-0.15, -0.1) is 10.2 Å². The molecule has 1 aromatic heterocycles. The molecule has 128 valence electrons. The van der Waals surface area contributed by atoms with Gasteiger partial charge in [-0.1, -0.05) is 40.8 Å². The average molecular weight is 385 g/mol. The molecule has 0 spiro atoms. The van der Waals surface area contributed by atoms with Crippen LogP contribution in [0.3, 0.4) is 0 Å². The number of aromatic nitrogens is 2. The van der Waals surface area contributed by atoms with Gasteiger partial charge in [0.25, 0.3) is 0 Å². The standard InChI is InChI=1S/C15H17ClN4O2S2/c16-10-3-1-4-11(7-10)18-14-19-20-15(24-14)23-9-13(21)17-8-12-5-2-6-22-12/h1,3-4,7,12H,2,5-6,8-9H2,(H,17,21)(H,18,19)/t12-/m1/s1. The summed E-state index contributed by atoms with van der Waals surface area (Å²) < 4.78 is 6.22. The van der Waals surface area contributed by atoms with Crippen molar-refractivity contribution in [1.82, 2.24) is 15.5 Å². The van der Waals surface area contributed by atoms with Gasteiger partial charge in [-0.05, 0) is 31.0 Å². The average Bonchev–Trinajstić information content (AvgIpc) is 3.23. The van der Waals surface area contributed by atoms with Gasteiger partial charge in [-0.3, -0.25) is 4.79 Å². The molecule has 1 fully saturated rings. The maximum Gasteiger partial charge on any atom is 0.230 e. The highest BCUT2D eigenvalue weighted by Crippen LogP contribution is 2.28. The van der Waals surface area contributed by atoms with Gasteiger partial charge in [0.1, 0.15) is 0 Å². The van der Waals surface area contributed by atoms with Gasteiger partial charge in [-0.2, -0.15) is 0 Å². The largest absolute Gasteiger partial charge is 0.376 e.